The van der Waals surface area contributed by atoms with E-state index in [-0.39, 0.29) is 12.6 Å². The fourth-order valence-corrected chi connectivity index (χ4v) is 2.72. The lowest BCUT2D eigenvalue weighted by Gasteiger charge is -2.30. The molecule has 2 aromatic heterocycles. The van der Waals surface area contributed by atoms with Crippen LogP contribution < -0.4 is 10.4 Å². The molecule has 8 heteroatoms. The Hall–Kier alpha value is -3.16. The molecule has 1 amide bonds. The van der Waals surface area contributed by atoms with Gasteiger partial charge in [-0.15, -0.1) is 0 Å². The molecule has 1 fully saturated rings. The molecule has 4 rings (SSSR count). The second-order valence-corrected chi connectivity index (χ2v) is 5.90. The zero-order chi connectivity index (χ0) is 17.4. The maximum atomic E-state index is 12.5. The van der Waals surface area contributed by atoms with E-state index in [1.807, 2.05) is 30.3 Å². The highest BCUT2D eigenvalue weighted by atomic mass is 16.5. The molecule has 0 radical (unpaired) electrons. The molecule has 0 N–H and O–H groups in total. The minimum atomic E-state index is -0.415. The summed E-state index contributed by atoms with van der Waals surface area (Å²) in [7, 11) is 1.60. The van der Waals surface area contributed by atoms with Crippen molar-refractivity contribution in [1.82, 2.24) is 24.0 Å². The Balaban J connectivity index is 1.66. The van der Waals surface area contributed by atoms with Crippen LogP contribution in [0.25, 0.3) is 11.2 Å². The summed E-state index contributed by atoms with van der Waals surface area (Å²) in [5.41, 5.74) is 0.413. The Morgan fingerprint density at radius 3 is 2.68 bits per heavy atom. The van der Waals surface area contributed by atoms with Crippen LogP contribution in [0.3, 0.4) is 0 Å². The van der Waals surface area contributed by atoms with Crippen LogP contribution in [0.1, 0.15) is 12.2 Å². The number of fused-ring (bicyclic) bond motifs is 1. The van der Waals surface area contributed by atoms with Crippen LogP contribution in [-0.2, 0) is 13.7 Å². The van der Waals surface area contributed by atoms with Gasteiger partial charge in [0.1, 0.15) is 17.9 Å². The molecule has 1 aliphatic heterocycles. The van der Waals surface area contributed by atoms with Crippen LogP contribution in [-0.4, -0.2) is 43.1 Å². The molecule has 1 aromatic carbocycles. The van der Waals surface area contributed by atoms with Gasteiger partial charge in [0.2, 0.25) is 0 Å². The van der Waals surface area contributed by atoms with Crippen molar-refractivity contribution in [1.29, 1.82) is 0 Å². The Morgan fingerprint density at radius 2 is 2.00 bits per heavy atom. The van der Waals surface area contributed by atoms with E-state index in [9.17, 15) is 9.59 Å². The lowest BCUT2D eigenvalue weighted by atomic mass is 10.2. The zero-order valence-electron chi connectivity index (χ0n) is 13.8. The van der Waals surface area contributed by atoms with Crippen LogP contribution in [0.15, 0.2) is 41.3 Å². The number of carbonyl (C=O) groups is 1. The highest BCUT2D eigenvalue weighted by molar-refractivity contribution is 5.87. The predicted octanol–water partition coefficient (Wildman–Crippen LogP) is 1.38. The molecular formula is C17H17N5O3. The van der Waals surface area contributed by atoms with Crippen molar-refractivity contribution in [2.75, 3.05) is 13.1 Å². The molecule has 0 atom stereocenters. The number of amides is 1. The topological polar surface area (TPSA) is 82.2 Å². The van der Waals surface area contributed by atoms with Gasteiger partial charge in [-0.05, 0) is 18.6 Å². The Bertz CT molecular complexity index is 989. The van der Waals surface area contributed by atoms with E-state index in [4.69, 9.17) is 4.74 Å². The monoisotopic (exact) mass is 339 g/mol. The van der Waals surface area contributed by atoms with Gasteiger partial charge < -0.3 is 9.64 Å². The van der Waals surface area contributed by atoms with Crippen molar-refractivity contribution in [3.05, 3.63) is 52.8 Å². The quantitative estimate of drug-likeness (QED) is 0.720. The van der Waals surface area contributed by atoms with Crippen molar-refractivity contribution in [3.8, 4) is 5.75 Å². The molecule has 128 valence electrons. The van der Waals surface area contributed by atoms with Crippen LogP contribution in [0, 0.1) is 0 Å². The van der Waals surface area contributed by atoms with Crippen molar-refractivity contribution in [2.24, 2.45) is 7.05 Å². The number of hydrogen-bond acceptors (Lipinski definition) is 5. The predicted molar refractivity (Wildman–Crippen MR) is 90.5 cm³/mol. The fourth-order valence-electron chi connectivity index (χ4n) is 2.72. The standard InChI is InChI=1S/C17H17N5O3/c1-20-15-13(22(16(20)23)17(24)21-8-5-9-21)10-18-14(19-15)11-25-12-6-3-2-4-7-12/h2-4,6-7,10H,5,8-9,11H2,1H3. The summed E-state index contributed by atoms with van der Waals surface area (Å²) in [6, 6.07) is 9.03. The molecule has 1 saturated heterocycles. The second kappa shape index (κ2) is 6.04. The average Bonchev–Trinajstić information content (AvgIpc) is 2.83. The molecule has 0 unspecified atom stereocenters. The zero-order valence-corrected chi connectivity index (χ0v) is 13.8. The van der Waals surface area contributed by atoms with E-state index in [1.165, 1.54) is 10.8 Å². The van der Waals surface area contributed by atoms with Gasteiger partial charge in [0.25, 0.3) is 0 Å². The summed E-state index contributed by atoms with van der Waals surface area (Å²) < 4.78 is 8.13. The first kappa shape index (κ1) is 15.4. The Kier molecular flexibility index (Phi) is 3.72. The molecule has 8 nitrogen and oxygen atoms in total. The van der Waals surface area contributed by atoms with E-state index in [2.05, 4.69) is 9.97 Å². The summed E-state index contributed by atoms with van der Waals surface area (Å²) in [6.45, 7) is 1.52. The lowest BCUT2D eigenvalue weighted by Crippen LogP contribution is -2.47. The number of nitrogens with zero attached hydrogens (tertiary/aromatic N) is 5. The summed E-state index contributed by atoms with van der Waals surface area (Å²) in [5.74, 6) is 1.16. The van der Waals surface area contributed by atoms with E-state index < -0.39 is 5.69 Å². The number of hydrogen-bond donors (Lipinski definition) is 0. The van der Waals surface area contributed by atoms with Crippen LogP contribution in [0.2, 0.25) is 0 Å². The molecule has 0 bridgehead atoms. The van der Waals surface area contributed by atoms with Gasteiger partial charge in [-0.1, -0.05) is 18.2 Å². The highest BCUT2D eigenvalue weighted by Crippen LogP contribution is 2.15. The molecule has 0 saturated carbocycles. The number of aromatic nitrogens is 4. The summed E-state index contributed by atoms with van der Waals surface area (Å²) in [5, 5.41) is 0. The van der Waals surface area contributed by atoms with E-state index in [0.29, 0.717) is 35.8 Å². The lowest BCUT2D eigenvalue weighted by molar-refractivity contribution is 0.169. The number of para-hydroxylation sites is 1. The number of imidazole rings is 1. The first-order valence-corrected chi connectivity index (χ1v) is 8.05. The van der Waals surface area contributed by atoms with Crippen molar-refractivity contribution in [2.45, 2.75) is 13.0 Å². The van der Waals surface area contributed by atoms with Gasteiger partial charge in [0.05, 0.1) is 6.20 Å². The molecule has 1 aliphatic rings. The van der Waals surface area contributed by atoms with Crippen LogP contribution in [0.4, 0.5) is 4.79 Å². The van der Waals surface area contributed by atoms with Gasteiger partial charge >= 0.3 is 11.7 Å². The number of likely N-dealkylation sites (tertiary alicyclic amines) is 1. The van der Waals surface area contributed by atoms with E-state index in [0.717, 1.165) is 11.0 Å². The minimum absolute atomic E-state index is 0.180. The SMILES string of the molecule is Cn1c(=O)n(C(=O)N2CCC2)c2cnc(COc3ccccc3)nc21. The molecule has 0 aliphatic carbocycles. The molecule has 0 spiro atoms. The number of benzene rings is 1. The van der Waals surface area contributed by atoms with Crippen molar-refractivity contribution >= 4 is 17.2 Å². The second-order valence-electron chi connectivity index (χ2n) is 5.90. The maximum Gasteiger partial charge on any atom is 0.338 e. The summed E-state index contributed by atoms with van der Waals surface area (Å²) >= 11 is 0. The third-order valence-corrected chi connectivity index (χ3v) is 4.27. The molecule has 25 heavy (non-hydrogen) atoms. The average molecular weight is 339 g/mol. The van der Waals surface area contributed by atoms with Gasteiger partial charge in [0, 0.05) is 20.1 Å². The molecule has 3 heterocycles. The van der Waals surface area contributed by atoms with Crippen LogP contribution >= 0.6 is 0 Å². The highest BCUT2D eigenvalue weighted by Gasteiger charge is 2.26. The number of aryl methyl sites for hydroxylation is 1. The van der Waals surface area contributed by atoms with Gasteiger partial charge in [-0.2, -0.15) is 0 Å². The van der Waals surface area contributed by atoms with Gasteiger partial charge in [0.15, 0.2) is 11.5 Å². The normalized spacial score (nSPS) is 13.7. The van der Waals surface area contributed by atoms with Crippen LogP contribution in [0.5, 0.6) is 5.75 Å². The molecular weight excluding hydrogens is 322 g/mol. The molecule has 3 aromatic rings. The third kappa shape index (κ3) is 2.65. The summed E-state index contributed by atoms with van der Waals surface area (Å²) in [6.07, 6.45) is 2.47. The largest absolute Gasteiger partial charge is 0.486 e. The van der Waals surface area contributed by atoms with Gasteiger partial charge in [-0.25, -0.2) is 24.1 Å². The first-order chi connectivity index (χ1) is 12.1. The van der Waals surface area contributed by atoms with Crippen molar-refractivity contribution < 1.29 is 9.53 Å². The number of carbonyl (C=O) groups excluding carboxylic acids is 1. The third-order valence-electron chi connectivity index (χ3n) is 4.27. The smallest absolute Gasteiger partial charge is 0.338 e. The number of rotatable bonds is 3. The van der Waals surface area contributed by atoms with Gasteiger partial charge in [-0.3, -0.25) is 4.57 Å². The maximum absolute atomic E-state index is 12.5. The first-order valence-electron chi connectivity index (χ1n) is 8.05. The minimum Gasteiger partial charge on any atom is -0.486 e. The van der Waals surface area contributed by atoms with E-state index in [1.54, 1.807) is 11.9 Å². The summed E-state index contributed by atoms with van der Waals surface area (Å²) in [4.78, 5) is 35.2. The number of ether oxygens (including phenoxy) is 1. The Labute approximate surface area is 143 Å². The van der Waals surface area contributed by atoms with Crippen molar-refractivity contribution in [3.63, 3.8) is 0 Å². The Morgan fingerprint density at radius 1 is 1.24 bits per heavy atom. The van der Waals surface area contributed by atoms with E-state index >= 15 is 0 Å². The fraction of sp³-hybridized carbons (Fsp3) is 0.294.